The maximum atomic E-state index is 9.89. The Kier molecular flexibility index (Phi) is 6.52. The summed E-state index contributed by atoms with van der Waals surface area (Å²) in [5, 5.41) is 9.89. The topological polar surface area (TPSA) is 45.1 Å². The number of unbranched alkanes of at least 4 members (excludes halogenated alkanes) is 1. The van der Waals surface area contributed by atoms with Crippen molar-refractivity contribution in [3.63, 3.8) is 0 Å². The molecule has 0 radical (unpaired) electrons. The molecule has 0 aromatic heterocycles. The molecule has 0 saturated heterocycles. The van der Waals surface area contributed by atoms with E-state index in [9.17, 15) is 5.11 Å². The van der Waals surface area contributed by atoms with Gasteiger partial charge in [0, 0.05) is 26.1 Å². The van der Waals surface area contributed by atoms with Crippen LogP contribution in [-0.4, -0.2) is 54.3 Å². The van der Waals surface area contributed by atoms with Gasteiger partial charge in [0.2, 0.25) is 0 Å². The summed E-state index contributed by atoms with van der Waals surface area (Å²) in [5.41, 5.74) is 0. The number of nitrogens with zero attached hydrogens (tertiary/aromatic N) is 2. The molecule has 0 amide bonds. The molecule has 0 aromatic carbocycles. The van der Waals surface area contributed by atoms with E-state index >= 15 is 0 Å². The standard InChI is InChI=1S/C13H26N2O2/c1-4-6-7-17-10-12(16)9-15-8-11(3)14-13(15)5-2/h11-12,16H,4-10H2,1-3H3. The average molecular weight is 242 g/mol. The zero-order chi connectivity index (χ0) is 12.7. The van der Waals surface area contributed by atoms with Crippen molar-refractivity contribution in [2.24, 2.45) is 4.99 Å². The van der Waals surface area contributed by atoms with Crippen LogP contribution in [0.2, 0.25) is 0 Å². The fraction of sp³-hybridized carbons (Fsp3) is 0.923. The van der Waals surface area contributed by atoms with E-state index in [4.69, 9.17) is 4.74 Å². The molecule has 2 atom stereocenters. The van der Waals surface area contributed by atoms with Crippen LogP contribution in [0.15, 0.2) is 4.99 Å². The fourth-order valence-corrected chi connectivity index (χ4v) is 2.07. The fourth-order valence-electron chi connectivity index (χ4n) is 2.07. The molecule has 1 N–H and O–H groups in total. The molecule has 0 bridgehead atoms. The van der Waals surface area contributed by atoms with Crippen molar-refractivity contribution in [3.8, 4) is 0 Å². The van der Waals surface area contributed by atoms with Crippen LogP contribution in [0.1, 0.15) is 40.0 Å². The first-order valence-electron chi connectivity index (χ1n) is 6.74. The lowest BCUT2D eigenvalue weighted by molar-refractivity contribution is 0.0258. The summed E-state index contributed by atoms with van der Waals surface area (Å²) in [4.78, 5) is 6.72. The molecule has 100 valence electrons. The normalized spacial score (nSPS) is 21.8. The third kappa shape index (κ3) is 5.04. The molecule has 1 aliphatic heterocycles. The lowest BCUT2D eigenvalue weighted by atomic mass is 10.3. The summed E-state index contributed by atoms with van der Waals surface area (Å²) in [7, 11) is 0. The molecule has 0 aliphatic carbocycles. The molecule has 4 heteroatoms. The summed E-state index contributed by atoms with van der Waals surface area (Å²) >= 11 is 0. The van der Waals surface area contributed by atoms with Crippen molar-refractivity contribution >= 4 is 5.84 Å². The minimum absolute atomic E-state index is 0.359. The Labute approximate surface area is 105 Å². The van der Waals surface area contributed by atoms with Gasteiger partial charge in [-0.15, -0.1) is 0 Å². The zero-order valence-corrected chi connectivity index (χ0v) is 11.4. The van der Waals surface area contributed by atoms with Crippen LogP contribution < -0.4 is 0 Å². The number of aliphatic imine (C=N–C) groups is 1. The monoisotopic (exact) mass is 242 g/mol. The van der Waals surface area contributed by atoms with E-state index in [0.717, 1.165) is 38.2 Å². The second-order valence-electron chi connectivity index (χ2n) is 4.74. The van der Waals surface area contributed by atoms with Crippen LogP contribution in [0.5, 0.6) is 0 Å². The number of hydrogen-bond acceptors (Lipinski definition) is 4. The first-order valence-corrected chi connectivity index (χ1v) is 6.74. The number of rotatable bonds is 8. The maximum Gasteiger partial charge on any atom is 0.0991 e. The Balaban J connectivity index is 2.22. The smallest absolute Gasteiger partial charge is 0.0991 e. The summed E-state index contributed by atoms with van der Waals surface area (Å²) in [6.07, 6.45) is 2.73. The molecule has 0 saturated carbocycles. The quantitative estimate of drug-likeness (QED) is 0.659. The van der Waals surface area contributed by atoms with Gasteiger partial charge in [-0.3, -0.25) is 4.99 Å². The van der Waals surface area contributed by atoms with Gasteiger partial charge < -0.3 is 14.7 Å². The van der Waals surface area contributed by atoms with E-state index in [1.54, 1.807) is 0 Å². The van der Waals surface area contributed by atoms with E-state index in [-0.39, 0.29) is 0 Å². The van der Waals surface area contributed by atoms with Gasteiger partial charge in [-0.25, -0.2) is 0 Å². The minimum atomic E-state index is -0.408. The van der Waals surface area contributed by atoms with Crippen molar-refractivity contribution < 1.29 is 9.84 Å². The Morgan fingerprint density at radius 1 is 1.53 bits per heavy atom. The van der Waals surface area contributed by atoms with Gasteiger partial charge in [-0.05, 0) is 13.3 Å². The van der Waals surface area contributed by atoms with Gasteiger partial charge >= 0.3 is 0 Å². The summed E-state index contributed by atoms with van der Waals surface area (Å²) in [5.74, 6) is 1.12. The van der Waals surface area contributed by atoms with E-state index < -0.39 is 6.10 Å². The largest absolute Gasteiger partial charge is 0.389 e. The number of hydrogen-bond donors (Lipinski definition) is 1. The Morgan fingerprint density at radius 3 is 2.94 bits per heavy atom. The Hall–Kier alpha value is -0.610. The van der Waals surface area contributed by atoms with Crippen LogP contribution in [0.25, 0.3) is 0 Å². The predicted molar refractivity (Wildman–Crippen MR) is 70.5 cm³/mol. The van der Waals surface area contributed by atoms with Gasteiger partial charge in [0.1, 0.15) is 0 Å². The summed E-state index contributed by atoms with van der Waals surface area (Å²) in [6, 6.07) is 0.359. The Bertz CT molecular complexity index is 244. The van der Waals surface area contributed by atoms with Gasteiger partial charge in [-0.2, -0.15) is 0 Å². The number of aliphatic hydroxyl groups excluding tert-OH is 1. The van der Waals surface area contributed by atoms with E-state index in [2.05, 4.69) is 30.7 Å². The third-order valence-electron chi connectivity index (χ3n) is 2.92. The van der Waals surface area contributed by atoms with Crippen molar-refractivity contribution in [1.82, 2.24) is 4.90 Å². The number of aliphatic hydroxyl groups is 1. The van der Waals surface area contributed by atoms with Crippen LogP contribution in [-0.2, 0) is 4.74 Å². The predicted octanol–water partition coefficient (Wildman–Crippen LogP) is 1.68. The number of ether oxygens (including phenoxy) is 1. The molecule has 1 rings (SSSR count). The highest BCUT2D eigenvalue weighted by molar-refractivity contribution is 5.83. The highest BCUT2D eigenvalue weighted by Crippen LogP contribution is 2.11. The van der Waals surface area contributed by atoms with Crippen molar-refractivity contribution in [2.45, 2.75) is 52.2 Å². The second kappa shape index (κ2) is 7.67. The first kappa shape index (κ1) is 14.5. The molecular formula is C13H26N2O2. The highest BCUT2D eigenvalue weighted by atomic mass is 16.5. The Morgan fingerprint density at radius 2 is 2.29 bits per heavy atom. The van der Waals surface area contributed by atoms with Crippen molar-refractivity contribution in [2.75, 3.05) is 26.3 Å². The SMILES string of the molecule is CCCCOCC(O)CN1CC(C)N=C1CC. The second-order valence-corrected chi connectivity index (χ2v) is 4.74. The van der Waals surface area contributed by atoms with E-state index in [0.29, 0.717) is 19.2 Å². The van der Waals surface area contributed by atoms with Crippen LogP contribution in [0.3, 0.4) is 0 Å². The highest BCUT2D eigenvalue weighted by Gasteiger charge is 2.22. The molecular weight excluding hydrogens is 216 g/mol. The molecule has 0 spiro atoms. The maximum absolute atomic E-state index is 9.89. The van der Waals surface area contributed by atoms with Crippen LogP contribution >= 0.6 is 0 Å². The molecule has 2 unspecified atom stereocenters. The van der Waals surface area contributed by atoms with Crippen LogP contribution in [0, 0.1) is 0 Å². The molecule has 0 fully saturated rings. The summed E-state index contributed by atoms with van der Waals surface area (Å²) in [6.45, 7) is 9.10. The minimum Gasteiger partial charge on any atom is -0.389 e. The van der Waals surface area contributed by atoms with Crippen LogP contribution in [0.4, 0.5) is 0 Å². The number of amidine groups is 1. The lowest BCUT2D eigenvalue weighted by Gasteiger charge is -2.23. The summed E-state index contributed by atoms with van der Waals surface area (Å²) < 4.78 is 5.43. The molecule has 1 aliphatic rings. The average Bonchev–Trinajstić information content (AvgIpc) is 2.65. The zero-order valence-electron chi connectivity index (χ0n) is 11.4. The van der Waals surface area contributed by atoms with E-state index in [1.807, 2.05) is 0 Å². The molecule has 0 aromatic rings. The van der Waals surface area contributed by atoms with Gasteiger partial charge in [0.05, 0.1) is 24.6 Å². The molecule has 17 heavy (non-hydrogen) atoms. The lowest BCUT2D eigenvalue weighted by Crippen LogP contribution is -2.37. The van der Waals surface area contributed by atoms with Gasteiger partial charge in [0.25, 0.3) is 0 Å². The molecule has 4 nitrogen and oxygen atoms in total. The molecule has 1 heterocycles. The van der Waals surface area contributed by atoms with Gasteiger partial charge in [0.15, 0.2) is 0 Å². The van der Waals surface area contributed by atoms with Gasteiger partial charge in [-0.1, -0.05) is 20.3 Å². The van der Waals surface area contributed by atoms with Crippen molar-refractivity contribution in [3.05, 3.63) is 0 Å². The third-order valence-corrected chi connectivity index (χ3v) is 2.92. The van der Waals surface area contributed by atoms with Crippen molar-refractivity contribution in [1.29, 1.82) is 0 Å². The number of β-amino-alcohol motifs (C(OH)–C–C–N with tert-alkyl or cyclic N) is 1. The van der Waals surface area contributed by atoms with E-state index in [1.165, 1.54) is 0 Å². The first-order chi connectivity index (χ1) is 8.17.